The van der Waals surface area contributed by atoms with Gasteiger partial charge in [-0.1, -0.05) is 20.8 Å². The van der Waals surface area contributed by atoms with E-state index < -0.39 is 22.1 Å². The van der Waals surface area contributed by atoms with E-state index in [0.717, 1.165) is 0 Å². The van der Waals surface area contributed by atoms with E-state index in [2.05, 4.69) is 4.72 Å². The largest absolute Gasteiger partial charge is 0.481 e. The molecule has 0 aliphatic carbocycles. The van der Waals surface area contributed by atoms with Gasteiger partial charge in [0.25, 0.3) is 10.2 Å². The summed E-state index contributed by atoms with van der Waals surface area (Å²) in [6, 6.07) is -0.220. The Hall–Kier alpha value is -0.660. The van der Waals surface area contributed by atoms with Crippen molar-refractivity contribution in [1.82, 2.24) is 9.03 Å². The number of carboxylic acids is 1. The van der Waals surface area contributed by atoms with Gasteiger partial charge in [-0.3, -0.25) is 4.79 Å². The van der Waals surface area contributed by atoms with E-state index in [1.54, 1.807) is 0 Å². The minimum atomic E-state index is -3.61. The van der Waals surface area contributed by atoms with Gasteiger partial charge in [0, 0.05) is 19.1 Å². The molecule has 1 aliphatic heterocycles. The second-order valence-corrected chi connectivity index (χ2v) is 7.95. The lowest BCUT2D eigenvalue weighted by molar-refractivity contribution is -0.142. The molecule has 6 nitrogen and oxygen atoms in total. The quantitative estimate of drug-likeness (QED) is 0.811. The van der Waals surface area contributed by atoms with E-state index in [1.807, 2.05) is 27.7 Å². The van der Waals surface area contributed by atoms with Crippen molar-refractivity contribution in [2.24, 2.45) is 11.3 Å². The van der Waals surface area contributed by atoms with Gasteiger partial charge in [0.2, 0.25) is 0 Å². The summed E-state index contributed by atoms with van der Waals surface area (Å²) in [5.41, 5.74) is -0.185. The molecule has 0 spiro atoms. The molecule has 1 aliphatic rings. The number of rotatable bonds is 4. The molecule has 0 aromatic heterocycles. The van der Waals surface area contributed by atoms with Gasteiger partial charge in [0.15, 0.2) is 0 Å². The first-order chi connectivity index (χ1) is 8.54. The van der Waals surface area contributed by atoms with E-state index in [0.29, 0.717) is 19.4 Å². The lowest BCUT2D eigenvalue weighted by Crippen LogP contribution is -2.52. The van der Waals surface area contributed by atoms with Crippen LogP contribution in [0.25, 0.3) is 0 Å². The van der Waals surface area contributed by atoms with Gasteiger partial charge in [0.1, 0.15) is 0 Å². The fourth-order valence-electron chi connectivity index (χ4n) is 1.84. The van der Waals surface area contributed by atoms with Crippen LogP contribution in [0.4, 0.5) is 0 Å². The van der Waals surface area contributed by atoms with Crippen LogP contribution in [0.2, 0.25) is 0 Å². The molecule has 0 amide bonds. The number of nitrogens with one attached hydrogen (secondary N) is 1. The highest BCUT2D eigenvalue weighted by molar-refractivity contribution is 7.87. The molecule has 1 fully saturated rings. The van der Waals surface area contributed by atoms with Gasteiger partial charge >= 0.3 is 5.97 Å². The number of piperidine rings is 1. The maximum absolute atomic E-state index is 12.2. The molecule has 2 unspecified atom stereocenters. The van der Waals surface area contributed by atoms with E-state index in [1.165, 1.54) is 4.31 Å². The van der Waals surface area contributed by atoms with Crippen molar-refractivity contribution in [1.29, 1.82) is 0 Å². The van der Waals surface area contributed by atoms with Crippen LogP contribution in [0, 0.1) is 11.3 Å². The van der Waals surface area contributed by atoms with Crippen molar-refractivity contribution < 1.29 is 18.3 Å². The lowest BCUT2D eigenvalue weighted by Gasteiger charge is -2.34. The molecule has 1 heterocycles. The van der Waals surface area contributed by atoms with Gasteiger partial charge in [-0.05, 0) is 25.2 Å². The Balaban J connectivity index is 2.75. The molecule has 2 N–H and O–H groups in total. The summed E-state index contributed by atoms with van der Waals surface area (Å²) < 4.78 is 28.3. The number of carboxylic acid groups (broad SMARTS) is 1. The SMILES string of the molecule is CC(NS(=O)(=O)N1CCCC(C(=O)O)C1)C(C)(C)C. The second-order valence-electron chi connectivity index (χ2n) is 6.25. The van der Waals surface area contributed by atoms with Crippen molar-refractivity contribution in [3.8, 4) is 0 Å². The van der Waals surface area contributed by atoms with E-state index in [9.17, 15) is 13.2 Å². The number of hydrogen-bond acceptors (Lipinski definition) is 3. The third kappa shape index (κ3) is 4.43. The minimum Gasteiger partial charge on any atom is -0.481 e. The summed E-state index contributed by atoms with van der Waals surface area (Å²) in [6.07, 6.45) is 1.12. The Morgan fingerprint density at radius 3 is 2.47 bits per heavy atom. The summed E-state index contributed by atoms with van der Waals surface area (Å²) in [7, 11) is -3.61. The minimum absolute atomic E-state index is 0.0571. The highest BCUT2D eigenvalue weighted by atomic mass is 32.2. The molecule has 7 heteroatoms. The molecule has 0 bridgehead atoms. The molecular formula is C12H24N2O4S. The third-order valence-electron chi connectivity index (χ3n) is 3.70. The smallest absolute Gasteiger partial charge is 0.307 e. The molecule has 19 heavy (non-hydrogen) atoms. The monoisotopic (exact) mass is 292 g/mol. The number of carbonyl (C=O) groups is 1. The average Bonchev–Trinajstić information content (AvgIpc) is 2.27. The van der Waals surface area contributed by atoms with E-state index in [-0.39, 0.29) is 18.0 Å². The molecular weight excluding hydrogens is 268 g/mol. The predicted molar refractivity (Wildman–Crippen MR) is 72.9 cm³/mol. The van der Waals surface area contributed by atoms with Crippen LogP contribution in [0.15, 0.2) is 0 Å². The fourth-order valence-corrected chi connectivity index (χ4v) is 3.53. The first-order valence-electron chi connectivity index (χ1n) is 6.54. The molecule has 0 aromatic rings. The standard InChI is InChI=1S/C12H24N2O4S/c1-9(12(2,3)4)13-19(17,18)14-7-5-6-10(8-14)11(15)16/h9-10,13H,5-8H2,1-4H3,(H,15,16). The first kappa shape index (κ1) is 16.4. The Labute approximate surface area is 115 Å². The van der Waals surface area contributed by atoms with Crippen molar-refractivity contribution >= 4 is 16.2 Å². The summed E-state index contributed by atoms with van der Waals surface area (Å²) in [5, 5.41) is 8.99. The number of nitrogens with zero attached hydrogens (tertiary/aromatic N) is 1. The number of aliphatic carboxylic acids is 1. The molecule has 0 radical (unpaired) electrons. The molecule has 1 saturated heterocycles. The van der Waals surface area contributed by atoms with Gasteiger partial charge in [-0.15, -0.1) is 0 Å². The van der Waals surface area contributed by atoms with Crippen LogP contribution in [0.3, 0.4) is 0 Å². The van der Waals surface area contributed by atoms with Gasteiger partial charge < -0.3 is 5.11 Å². The maximum atomic E-state index is 12.2. The normalized spacial score (nSPS) is 24.1. The highest BCUT2D eigenvalue weighted by Gasteiger charge is 2.34. The zero-order chi connectivity index (χ0) is 14.8. The van der Waals surface area contributed by atoms with E-state index >= 15 is 0 Å². The Morgan fingerprint density at radius 1 is 1.42 bits per heavy atom. The predicted octanol–water partition coefficient (Wildman–Crippen LogP) is 1.05. The molecule has 1 rings (SSSR count). The molecule has 112 valence electrons. The molecule has 2 atom stereocenters. The van der Waals surface area contributed by atoms with Crippen molar-refractivity contribution in [2.75, 3.05) is 13.1 Å². The summed E-state index contributed by atoms with van der Waals surface area (Å²) in [4.78, 5) is 11.0. The second kappa shape index (κ2) is 5.76. The van der Waals surface area contributed by atoms with Crippen LogP contribution >= 0.6 is 0 Å². The number of hydrogen-bond donors (Lipinski definition) is 2. The lowest BCUT2D eigenvalue weighted by atomic mass is 9.89. The van der Waals surface area contributed by atoms with Gasteiger partial charge in [0.05, 0.1) is 5.92 Å². The Morgan fingerprint density at radius 2 is 2.00 bits per heavy atom. The van der Waals surface area contributed by atoms with Crippen molar-refractivity contribution in [3.05, 3.63) is 0 Å². The van der Waals surface area contributed by atoms with Gasteiger partial charge in [-0.2, -0.15) is 17.4 Å². The van der Waals surface area contributed by atoms with Crippen LogP contribution in [-0.2, 0) is 15.0 Å². The highest BCUT2D eigenvalue weighted by Crippen LogP contribution is 2.22. The van der Waals surface area contributed by atoms with Crippen molar-refractivity contribution in [3.63, 3.8) is 0 Å². The van der Waals surface area contributed by atoms with Crippen molar-refractivity contribution in [2.45, 2.75) is 46.6 Å². The Bertz CT molecular complexity index is 428. The third-order valence-corrected chi connectivity index (χ3v) is 5.36. The maximum Gasteiger partial charge on any atom is 0.307 e. The first-order valence-corrected chi connectivity index (χ1v) is 7.98. The topological polar surface area (TPSA) is 86.7 Å². The zero-order valence-corrected chi connectivity index (χ0v) is 12.8. The fraction of sp³-hybridized carbons (Fsp3) is 0.917. The van der Waals surface area contributed by atoms with Crippen LogP contribution in [0.5, 0.6) is 0 Å². The molecule has 0 saturated carbocycles. The Kier molecular flexibility index (Phi) is 4.97. The molecule has 0 aromatic carbocycles. The average molecular weight is 292 g/mol. The summed E-state index contributed by atoms with van der Waals surface area (Å²) in [5.74, 6) is -1.53. The van der Waals surface area contributed by atoms with Crippen LogP contribution < -0.4 is 4.72 Å². The van der Waals surface area contributed by atoms with Crippen LogP contribution in [-0.4, -0.2) is 42.9 Å². The zero-order valence-electron chi connectivity index (χ0n) is 12.0. The van der Waals surface area contributed by atoms with E-state index in [4.69, 9.17) is 5.11 Å². The summed E-state index contributed by atoms with van der Waals surface area (Å²) in [6.45, 7) is 8.12. The summed E-state index contributed by atoms with van der Waals surface area (Å²) >= 11 is 0. The van der Waals surface area contributed by atoms with Crippen LogP contribution in [0.1, 0.15) is 40.5 Å². The van der Waals surface area contributed by atoms with Gasteiger partial charge in [-0.25, -0.2) is 0 Å².